The summed E-state index contributed by atoms with van der Waals surface area (Å²) in [4.78, 5) is 20.7. The van der Waals surface area contributed by atoms with Gasteiger partial charge in [0.15, 0.2) is 0 Å². The van der Waals surface area contributed by atoms with Gasteiger partial charge in [-0.15, -0.1) is 11.3 Å². The Morgan fingerprint density at radius 2 is 2.19 bits per heavy atom. The molecule has 0 aliphatic heterocycles. The van der Waals surface area contributed by atoms with Crippen molar-refractivity contribution in [3.05, 3.63) is 40.0 Å². The van der Waals surface area contributed by atoms with Crippen molar-refractivity contribution < 1.29 is 4.79 Å². The van der Waals surface area contributed by atoms with Gasteiger partial charge in [0, 0.05) is 42.3 Å². The summed E-state index contributed by atoms with van der Waals surface area (Å²) in [5, 5.41) is 9.10. The number of hydrogen-bond acceptors (Lipinski definition) is 5. The lowest BCUT2D eigenvalue weighted by molar-refractivity contribution is 0.0954. The van der Waals surface area contributed by atoms with E-state index in [1.54, 1.807) is 29.7 Å². The van der Waals surface area contributed by atoms with Crippen molar-refractivity contribution in [2.24, 2.45) is 0 Å². The van der Waals surface area contributed by atoms with Crippen molar-refractivity contribution >= 4 is 23.1 Å². The maximum Gasteiger partial charge on any atom is 0.251 e. The lowest BCUT2D eigenvalue weighted by atomic mass is 10.2. The third-order valence-corrected chi connectivity index (χ3v) is 3.72. The number of pyridine rings is 1. The molecule has 0 unspecified atom stereocenters. The molecule has 112 valence electrons. The average molecular weight is 304 g/mol. The van der Waals surface area contributed by atoms with E-state index in [9.17, 15) is 4.79 Å². The number of carbonyl (C=O) groups is 1. The molecule has 0 aromatic carbocycles. The first-order valence-electron chi connectivity index (χ1n) is 7.08. The molecule has 0 bridgehead atoms. The minimum absolute atomic E-state index is 0.0726. The number of nitrogens with zero attached hydrogens (tertiary/aromatic N) is 2. The first-order valence-corrected chi connectivity index (χ1v) is 7.96. The van der Waals surface area contributed by atoms with Gasteiger partial charge in [0.05, 0.1) is 5.01 Å². The van der Waals surface area contributed by atoms with Gasteiger partial charge in [-0.2, -0.15) is 0 Å². The van der Waals surface area contributed by atoms with E-state index in [2.05, 4.69) is 27.5 Å². The third kappa shape index (κ3) is 4.82. The molecule has 0 aliphatic rings. The van der Waals surface area contributed by atoms with Crippen LogP contribution in [0.5, 0.6) is 0 Å². The van der Waals surface area contributed by atoms with Gasteiger partial charge >= 0.3 is 0 Å². The lowest BCUT2D eigenvalue weighted by Crippen LogP contribution is -2.26. The maximum absolute atomic E-state index is 12.2. The zero-order valence-electron chi connectivity index (χ0n) is 12.3. The molecular weight excluding hydrogens is 284 g/mol. The minimum atomic E-state index is -0.0726. The largest absolute Gasteiger partial charge is 0.370 e. The number of amides is 1. The second kappa shape index (κ2) is 7.73. The molecule has 21 heavy (non-hydrogen) atoms. The van der Waals surface area contributed by atoms with Gasteiger partial charge in [-0.1, -0.05) is 6.92 Å². The van der Waals surface area contributed by atoms with E-state index in [0.717, 1.165) is 35.9 Å². The fourth-order valence-electron chi connectivity index (χ4n) is 1.90. The van der Waals surface area contributed by atoms with Gasteiger partial charge in [0.25, 0.3) is 5.91 Å². The Labute approximate surface area is 128 Å². The quantitative estimate of drug-likeness (QED) is 0.825. The smallest absolute Gasteiger partial charge is 0.251 e. The van der Waals surface area contributed by atoms with Gasteiger partial charge in [-0.3, -0.25) is 4.79 Å². The molecule has 0 saturated carbocycles. The summed E-state index contributed by atoms with van der Waals surface area (Å²) in [5.74, 6) is 0.679. The highest BCUT2D eigenvalue weighted by Gasteiger charge is 2.08. The Hall–Kier alpha value is -1.95. The maximum atomic E-state index is 12.2. The number of rotatable bonds is 7. The van der Waals surface area contributed by atoms with Crippen LogP contribution in [0.4, 0.5) is 5.82 Å². The molecule has 2 aromatic rings. The minimum Gasteiger partial charge on any atom is -0.370 e. The number of aryl methyl sites for hydroxylation is 1. The normalized spacial score (nSPS) is 10.4. The van der Waals surface area contributed by atoms with Gasteiger partial charge < -0.3 is 10.6 Å². The van der Waals surface area contributed by atoms with Crippen LogP contribution in [0.15, 0.2) is 23.7 Å². The van der Waals surface area contributed by atoms with Crippen LogP contribution in [0.1, 0.15) is 34.4 Å². The first-order chi connectivity index (χ1) is 10.2. The number of aromatic nitrogens is 2. The lowest BCUT2D eigenvalue weighted by Gasteiger charge is -2.09. The fraction of sp³-hybridized carbons (Fsp3) is 0.400. The molecule has 2 N–H and O–H groups in total. The van der Waals surface area contributed by atoms with Crippen LogP contribution >= 0.6 is 11.3 Å². The van der Waals surface area contributed by atoms with Crippen molar-refractivity contribution in [1.29, 1.82) is 0 Å². The van der Waals surface area contributed by atoms with Crippen molar-refractivity contribution in [3.8, 4) is 0 Å². The Bertz CT molecular complexity index is 583. The molecule has 2 heterocycles. The van der Waals surface area contributed by atoms with Gasteiger partial charge in [0.1, 0.15) is 5.82 Å². The van der Waals surface area contributed by atoms with Crippen LogP contribution in [-0.2, 0) is 6.42 Å². The molecule has 0 atom stereocenters. The molecule has 6 heteroatoms. The van der Waals surface area contributed by atoms with E-state index >= 15 is 0 Å². The molecule has 0 spiro atoms. The second-order valence-electron chi connectivity index (χ2n) is 4.74. The van der Waals surface area contributed by atoms with Crippen molar-refractivity contribution in [2.45, 2.75) is 26.7 Å². The van der Waals surface area contributed by atoms with Gasteiger partial charge in [-0.05, 0) is 25.5 Å². The molecule has 0 radical (unpaired) electrons. The topological polar surface area (TPSA) is 66.9 Å². The van der Waals surface area contributed by atoms with Gasteiger partial charge in [0.2, 0.25) is 0 Å². The van der Waals surface area contributed by atoms with Crippen molar-refractivity contribution in [1.82, 2.24) is 15.3 Å². The Balaban J connectivity index is 1.93. The second-order valence-corrected chi connectivity index (χ2v) is 5.72. The summed E-state index contributed by atoms with van der Waals surface area (Å²) in [6.45, 7) is 5.42. The average Bonchev–Trinajstić information content (AvgIpc) is 2.97. The molecule has 1 amide bonds. The Kier molecular flexibility index (Phi) is 5.68. The summed E-state index contributed by atoms with van der Waals surface area (Å²) in [7, 11) is 0. The summed E-state index contributed by atoms with van der Waals surface area (Å²) in [5.41, 5.74) is 1.47. The standard InChI is InChI=1S/C15H20N4OS/c1-3-5-16-13-10-12(9-11(2)19-13)15(20)18-6-4-14-17-7-8-21-14/h7-10H,3-6H2,1-2H3,(H,16,19)(H,18,20). The molecule has 2 rings (SSSR count). The fourth-order valence-corrected chi connectivity index (χ4v) is 2.53. The monoisotopic (exact) mass is 304 g/mol. The zero-order chi connectivity index (χ0) is 15.1. The van der Waals surface area contributed by atoms with Crippen molar-refractivity contribution in [3.63, 3.8) is 0 Å². The van der Waals surface area contributed by atoms with E-state index in [4.69, 9.17) is 0 Å². The number of anilines is 1. The van der Waals surface area contributed by atoms with Crippen LogP contribution in [0.2, 0.25) is 0 Å². The van der Waals surface area contributed by atoms with Crippen LogP contribution in [0.25, 0.3) is 0 Å². The third-order valence-electron chi connectivity index (χ3n) is 2.88. The highest BCUT2D eigenvalue weighted by molar-refractivity contribution is 7.09. The molecular formula is C15H20N4OS. The van der Waals surface area contributed by atoms with E-state index in [1.807, 2.05) is 12.3 Å². The molecule has 0 fully saturated rings. The highest BCUT2D eigenvalue weighted by Crippen LogP contribution is 2.10. The number of thiazole rings is 1. The molecule has 2 aromatic heterocycles. The van der Waals surface area contributed by atoms with Crippen LogP contribution < -0.4 is 10.6 Å². The first kappa shape index (κ1) is 15.4. The number of nitrogens with one attached hydrogen (secondary N) is 2. The van der Waals surface area contributed by atoms with E-state index < -0.39 is 0 Å². The molecule has 0 saturated heterocycles. The summed E-state index contributed by atoms with van der Waals surface area (Å²) < 4.78 is 0. The predicted molar refractivity (Wildman–Crippen MR) is 85.9 cm³/mol. The Morgan fingerprint density at radius 1 is 1.33 bits per heavy atom. The summed E-state index contributed by atoms with van der Waals surface area (Å²) >= 11 is 1.60. The molecule has 0 aliphatic carbocycles. The molecule has 5 nitrogen and oxygen atoms in total. The van der Waals surface area contributed by atoms with E-state index in [1.165, 1.54) is 0 Å². The predicted octanol–water partition coefficient (Wildman–Crippen LogP) is 2.64. The van der Waals surface area contributed by atoms with Crippen LogP contribution in [0.3, 0.4) is 0 Å². The SMILES string of the molecule is CCCNc1cc(C(=O)NCCc2nccs2)cc(C)n1. The van der Waals surface area contributed by atoms with Gasteiger partial charge in [-0.25, -0.2) is 9.97 Å². The number of carbonyl (C=O) groups excluding carboxylic acids is 1. The number of hydrogen-bond donors (Lipinski definition) is 2. The van der Waals surface area contributed by atoms with Crippen LogP contribution in [0, 0.1) is 6.92 Å². The highest BCUT2D eigenvalue weighted by atomic mass is 32.1. The van der Waals surface area contributed by atoms with Crippen LogP contribution in [-0.4, -0.2) is 29.0 Å². The van der Waals surface area contributed by atoms with E-state index in [0.29, 0.717) is 12.1 Å². The Morgan fingerprint density at radius 3 is 2.90 bits per heavy atom. The summed E-state index contributed by atoms with van der Waals surface area (Å²) in [6.07, 6.45) is 3.55. The van der Waals surface area contributed by atoms with E-state index in [-0.39, 0.29) is 5.91 Å². The summed E-state index contributed by atoms with van der Waals surface area (Å²) in [6, 6.07) is 3.59. The van der Waals surface area contributed by atoms with Crippen molar-refractivity contribution in [2.75, 3.05) is 18.4 Å². The zero-order valence-corrected chi connectivity index (χ0v) is 13.2.